The minimum atomic E-state index is -0.689. The Hall–Kier alpha value is -3.68. The summed E-state index contributed by atoms with van der Waals surface area (Å²) in [7, 11) is 0. The number of hydrazone groups is 1. The molecule has 154 valence electrons. The lowest BCUT2D eigenvalue weighted by molar-refractivity contribution is -0.119. The summed E-state index contributed by atoms with van der Waals surface area (Å²) in [4.78, 5) is 38.1. The molecule has 2 aliphatic heterocycles. The van der Waals surface area contributed by atoms with Gasteiger partial charge in [0.1, 0.15) is 11.8 Å². The zero-order chi connectivity index (χ0) is 21.1. The lowest BCUT2D eigenvalue weighted by atomic mass is 10.1. The Bertz CT molecular complexity index is 988. The van der Waals surface area contributed by atoms with Crippen LogP contribution in [0.25, 0.3) is 0 Å². The van der Waals surface area contributed by atoms with Crippen molar-refractivity contribution in [1.82, 2.24) is 5.32 Å². The summed E-state index contributed by atoms with van der Waals surface area (Å²) in [6.45, 7) is 1.06. The van der Waals surface area contributed by atoms with Gasteiger partial charge in [0.2, 0.25) is 11.8 Å². The highest BCUT2D eigenvalue weighted by Gasteiger charge is 2.34. The van der Waals surface area contributed by atoms with Crippen molar-refractivity contribution in [2.75, 3.05) is 16.5 Å². The fourth-order valence-electron chi connectivity index (χ4n) is 3.69. The second kappa shape index (κ2) is 8.36. The maximum atomic E-state index is 12.6. The van der Waals surface area contributed by atoms with Crippen LogP contribution >= 0.6 is 0 Å². The van der Waals surface area contributed by atoms with Gasteiger partial charge in [0, 0.05) is 31.6 Å². The van der Waals surface area contributed by atoms with E-state index in [9.17, 15) is 14.4 Å². The van der Waals surface area contributed by atoms with Crippen molar-refractivity contribution < 1.29 is 14.4 Å². The summed E-state index contributed by atoms with van der Waals surface area (Å²) in [5, 5.41) is 8.68. The van der Waals surface area contributed by atoms with Gasteiger partial charge in [-0.3, -0.25) is 19.4 Å². The molecule has 3 N–H and O–H groups in total. The normalized spacial score (nSPS) is 18.5. The number of amides is 3. The molecular formula is C22H23N5O3. The van der Waals surface area contributed by atoms with Gasteiger partial charge in [-0.2, -0.15) is 5.10 Å². The molecule has 2 aliphatic rings. The highest BCUT2D eigenvalue weighted by Crippen LogP contribution is 2.24. The van der Waals surface area contributed by atoms with Crippen LogP contribution in [0.15, 0.2) is 59.7 Å². The molecule has 1 fully saturated rings. The maximum Gasteiger partial charge on any atom is 0.267 e. The van der Waals surface area contributed by atoms with E-state index >= 15 is 0 Å². The number of nitrogens with two attached hydrogens (primary N) is 1. The molecule has 1 unspecified atom stereocenters. The molecule has 2 aromatic rings. The molecular weight excluding hydrogens is 382 g/mol. The minimum Gasteiger partial charge on any atom is -0.368 e. The third-order valence-electron chi connectivity index (χ3n) is 5.30. The number of para-hydroxylation sites is 1. The number of primary amides is 1. The largest absolute Gasteiger partial charge is 0.368 e. The van der Waals surface area contributed by atoms with Crippen LogP contribution in [0.5, 0.6) is 0 Å². The van der Waals surface area contributed by atoms with E-state index in [0.29, 0.717) is 18.7 Å². The lowest BCUT2D eigenvalue weighted by Gasteiger charge is -2.20. The monoisotopic (exact) mass is 405 g/mol. The number of benzene rings is 2. The molecule has 2 heterocycles. The smallest absolute Gasteiger partial charge is 0.267 e. The number of hydrogen-bond donors (Lipinski definition) is 2. The van der Waals surface area contributed by atoms with Crippen molar-refractivity contribution in [3.05, 3.63) is 60.2 Å². The van der Waals surface area contributed by atoms with E-state index in [0.717, 1.165) is 24.2 Å². The topological polar surface area (TPSA) is 108 Å². The van der Waals surface area contributed by atoms with E-state index in [-0.39, 0.29) is 23.9 Å². The van der Waals surface area contributed by atoms with Crippen LogP contribution in [-0.4, -0.2) is 36.0 Å². The van der Waals surface area contributed by atoms with Crippen LogP contribution in [0.1, 0.15) is 24.8 Å². The fraction of sp³-hybridized carbons (Fsp3) is 0.273. The molecule has 0 spiro atoms. The highest BCUT2D eigenvalue weighted by molar-refractivity contribution is 6.40. The van der Waals surface area contributed by atoms with E-state index in [1.54, 1.807) is 4.90 Å². The van der Waals surface area contributed by atoms with E-state index in [4.69, 9.17) is 5.73 Å². The van der Waals surface area contributed by atoms with Gasteiger partial charge in [0.15, 0.2) is 0 Å². The third-order valence-corrected chi connectivity index (χ3v) is 5.30. The number of carbonyl (C=O) groups excluding carboxylic acids is 3. The predicted molar refractivity (Wildman–Crippen MR) is 114 cm³/mol. The first-order chi connectivity index (χ1) is 14.5. The number of nitrogens with one attached hydrogen (secondary N) is 1. The van der Waals surface area contributed by atoms with Crippen LogP contribution in [0.3, 0.4) is 0 Å². The van der Waals surface area contributed by atoms with Gasteiger partial charge in [-0.05, 0) is 36.2 Å². The van der Waals surface area contributed by atoms with Crippen LogP contribution in [0.2, 0.25) is 0 Å². The summed E-state index contributed by atoms with van der Waals surface area (Å²) >= 11 is 0. The Kier molecular flexibility index (Phi) is 5.47. The molecule has 30 heavy (non-hydrogen) atoms. The van der Waals surface area contributed by atoms with Gasteiger partial charge >= 0.3 is 0 Å². The minimum absolute atomic E-state index is 0.141. The fourth-order valence-corrected chi connectivity index (χ4v) is 3.69. The first kappa shape index (κ1) is 19.6. The Morgan fingerprint density at radius 1 is 1.07 bits per heavy atom. The summed E-state index contributed by atoms with van der Waals surface area (Å²) in [6.07, 6.45) is 1.63. The Balaban J connectivity index is 1.40. The molecule has 1 atom stereocenters. The van der Waals surface area contributed by atoms with Gasteiger partial charge in [0.05, 0.1) is 5.69 Å². The Morgan fingerprint density at radius 2 is 1.80 bits per heavy atom. The summed E-state index contributed by atoms with van der Waals surface area (Å²) < 4.78 is 0. The van der Waals surface area contributed by atoms with E-state index in [2.05, 4.69) is 10.4 Å². The van der Waals surface area contributed by atoms with Crippen molar-refractivity contribution in [2.24, 2.45) is 10.8 Å². The molecule has 0 saturated carbocycles. The van der Waals surface area contributed by atoms with Gasteiger partial charge in [-0.25, -0.2) is 0 Å². The van der Waals surface area contributed by atoms with E-state index in [1.165, 1.54) is 5.01 Å². The summed E-state index contributed by atoms with van der Waals surface area (Å²) in [5.74, 6) is -0.724. The molecule has 0 aliphatic carbocycles. The second-order valence-electron chi connectivity index (χ2n) is 7.35. The molecule has 0 radical (unpaired) electrons. The average molecular weight is 405 g/mol. The maximum absolute atomic E-state index is 12.6. The predicted octanol–water partition coefficient (Wildman–Crippen LogP) is 1.55. The van der Waals surface area contributed by atoms with Gasteiger partial charge in [-0.1, -0.05) is 30.3 Å². The van der Waals surface area contributed by atoms with Crippen molar-refractivity contribution >= 4 is 34.8 Å². The van der Waals surface area contributed by atoms with Crippen molar-refractivity contribution in [3.8, 4) is 0 Å². The molecule has 0 bridgehead atoms. The SMILES string of the molecule is NC(=O)C1CC(C(=O)NCc2ccc(N3CCCC3=O)cc2)=NN1c1ccccc1. The van der Waals surface area contributed by atoms with Crippen LogP contribution in [0, 0.1) is 0 Å². The number of anilines is 2. The molecule has 8 heteroatoms. The Morgan fingerprint density at radius 3 is 2.43 bits per heavy atom. The molecule has 4 rings (SSSR count). The molecule has 1 saturated heterocycles. The highest BCUT2D eigenvalue weighted by atomic mass is 16.2. The van der Waals surface area contributed by atoms with Gasteiger partial charge < -0.3 is 16.0 Å². The molecule has 0 aromatic heterocycles. The molecule has 2 aromatic carbocycles. The van der Waals surface area contributed by atoms with Crippen molar-refractivity contribution in [2.45, 2.75) is 31.8 Å². The van der Waals surface area contributed by atoms with E-state index in [1.807, 2.05) is 54.6 Å². The molecule has 3 amide bonds. The quantitative estimate of drug-likeness (QED) is 0.760. The van der Waals surface area contributed by atoms with Crippen molar-refractivity contribution in [1.29, 1.82) is 0 Å². The van der Waals surface area contributed by atoms with Crippen LogP contribution in [-0.2, 0) is 20.9 Å². The van der Waals surface area contributed by atoms with E-state index < -0.39 is 11.9 Å². The first-order valence-corrected chi connectivity index (χ1v) is 9.91. The standard InChI is InChI=1S/C22H23N5O3/c23-21(29)19-13-18(25-27(19)17-5-2-1-3-6-17)22(30)24-14-15-8-10-16(11-9-15)26-12-4-7-20(26)28/h1-3,5-6,8-11,19H,4,7,12-14H2,(H2,23,29)(H,24,30). The lowest BCUT2D eigenvalue weighted by Crippen LogP contribution is -2.39. The number of hydrogen-bond acceptors (Lipinski definition) is 5. The Labute approximate surface area is 174 Å². The third kappa shape index (κ3) is 4.03. The number of nitrogens with zero attached hydrogens (tertiary/aromatic N) is 3. The summed E-state index contributed by atoms with van der Waals surface area (Å²) in [6, 6.07) is 16.0. The zero-order valence-corrected chi connectivity index (χ0v) is 16.5. The average Bonchev–Trinajstić information content (AvgIpc) is 3.40. The van der Waals surface area contributed by atoms with Gasteiger partial charge in [0.25, 0.3) is 5.91 Å². The van der Waals surface area contributed by atoms with Crippen LogP contribution in [0.4, 0.5) is 11.4 Å². The van der Waals surface area contributed by atoms with Crippen molar-refractivity contribution in [3.63, 3.8) is 0 Å². The number of rotatable bonds is 6. The van der Waals surface area contributed by atoms with Gasteiger partial charge in [-0.15, -0.1) is 0 Å². The molecule has 8 nitrogen and oxygen atoms in total. The van der Waals surface area contributed by atoms with Crippen LogP contribution < -0.4 is 21.0 Å². The zero-order valence-electron chi connectivity index (χ0n) is 16.5. The summed E-state index contributed by atoms with van der Waals surface area (Å²) in [5.41, 5.74) is 8.26. The first-order valence-electron chi connectivity index (χ1n) is 9.91. The number of carbonyl (C=O) groups is 3. The second-order valence-corrected chi connectivity index (χ2v) is 7.35.